The van der Waals surface area contributed by atoms with Crippen molar-refractivity contribution in [2.45, 2.75) is 32.7 Å². The molecule has 0 atom stereocenters. The predicted molar refractivity (Wildman–Crippen MR) is 68.5 cm³/mol. The average Bonchev–Trinajstić information content (AvgIpc) is 2.37. The van der Waals surface area contributed by atoms with Crippen molar-refractivity contribution < 1.29 is 4.79 Å². The van der Waals surface area contributed by atoms with Gasteiger partial charge < -0.3 is 10.3 Å². The van der Waals surface area contributed by atoms with Crippen molar-refractivity contribution in [1.29, 1.82) is 0 Å². The van der Waals surface area contributed by atoms with Crippen molar-refractivity contribution >= 4 is 11.6 Å². The molecule has 0 aliphatic heterocycles. The number of anilines is 1. The molecular weight excluding hydrogens is 216 g/mol. The Bertz CT molecular complexity index is 386. The van der Waals surface area contributed by atoms with Gasteiger partial charge in [0.25, 0.3) is 5.91 Å². The fraction of sp³-hybridized carbons (Fsp3) is 0.500. The fourth-order valence-electron chi connectivity index (χ4n) is 1.29. The molecule has 0 aromatic carbocycles. The van der Waals surface area contributed by atoms with Crippen LogP contribution in [0.4, 0.5) is 5.69 Å². The van der Waals surface area contributed by atoms with E-state index in [9.17, 15) is 4.79 Å². The van der Waals surface area contributed by atoms with E-state index in [2.05, 4.69) is 17.3 Å². The first-order chi connectivity index (χ1) is 7.92. The van der Waals surface area contributed by atoms with Gasteiger partial charge in [0.1, 0.15) is 5.69 Å². The Morgan fingerprint density at radius 3 is 2.59 bits per heavy atom. The summed E-state index contributed by atoms with van der Waals surface area (Å²) in [6.45, 7) is 6.11. The lowest BCUT2D eigenvalue weighted by atomic mass is 9.99. The number of aromatic nitrogens is 1. The third-order valence-corrected chi connectivity index (χ3v) is 3.23. The summed E-state index contributed by atoms with van der Waals surface area (Å²) in [7, 11) is 1.79. The maximum Gasteiger partial charge on any atom is 0.272 e. The summed E-state index contributed by atoms with van der Waals surface area (Å²) in [6, 6.07) is 3.40. The molecule has 1 amide bonds. The molecule has 0 aliphatic rings. The van der Waals surface area contributed by atoms with Crippen LogP contribution < -0.4 is 11.3 Å². The molecule has 0 spiro atoms. The van der Waals surface area contributed by atoms with Crippen LogP contribution in [-0.2, 0) is 0 Å². The lowest BCUT2D eigenvalue weighted by molar-refractivity contribution is 0.0614. The fourth-order valence-corrected chi connectivity index (χ4v) is 1.29. The Morgan fingerprint density at radius 2 is 2.18 bits per heavy atom. The Balaban J connectivity index is 2.89. The normalized spacial score (nSPS) is 11.1. The highest BCUT2D eigenvalue weighted by atomic mass is 16.2. The van der Waals surface area contributed by atoms with E-state index >= 15 is 0 Å². The monoisotopic (exact) mass is 236 g/mol. The summed E-state index contributed by atoms with van der Waals surface area (Å²) in [5.74, 6) is 5.16. The summed E-state index contributed by atoms with van der Waals surface area (Å²) in [4.78, 5) is 18.0. The maximum atomic E-state index is 12.2. The zero-order chi connectivity index (χ0) is 13.1. The van der Waals surface area contributed by atoms with Crippen molar-refractivity contribution in [1.82, 2.24) is 9.88 Å². The molecule has 5 heteroatoms. The second-order valence-electron chi connectivity index (χ2n) is 4.61. The summed E-state index contributed by atoms with van der Waals surface area (Å²) in [6.07, 6.45) is 2.43. The lowest BCUT2D eigenvalue weighted by Crippen LogP contribution is -2.44. The number of nitrogens with zero attached hydrogens (tertiary/aromatic N) is 2. The molecule has 0 saturated heterocycles. The molecule has 94 valence electrons. The van der Waals surface area contributed by atoms with E-state index < -0.39 is 0 Å². The van der Waals surface area contributed by atoms with Crippen LogP contribution >= 0.6 is 0 Å². The standard InChI is InChI=1S/C12H20N4O/c1-5-12(2,3)16(4)11(17)10-7-6-9(15-13)8-14-10/h6-8,15H,5,13H2,1-4H3. The average molecular weight is 236 g/mol. The van der Waals surface area contributed by atoms with Crippen molar-refractivity contribution in [3.63, 3.8) is 0 Å². The van der Waals surface area contributed by atoms with Gasteiger partial charge in [0, 0.05) is 12.6 Å². The van der Waals surface area contributed by atoms with E-state index in [0.717, 1.165) is 6.42 Å². The number of rotatable bonds is 4. The van der Waals surface area contributed by atoms with Crippen molar-refractivity contribution in [3.05, 3.63) is 24.0 Å². The Kier molecular flexibility index (Phi) is 4.07. The largest absolute Gasteiger partial charge is 0.335 e. The first kappa shape index (κ1) is 13.4. The minimum absolute atomic E-state index is 0.0829. The van der Waals surface area contributed by atoms with Crippen LogP contribution in [0, 0.1) is 0 Å². The van der Waals surface area contributed by atoms with Gasteiger partial charge in [-0.3, -0.25) is 10.6 Å². The van der Waals surface area contributed by atoms with Gasteiger partial charge in [-0.05, 0) is 32.4 Å². The zero-order valence-electron chi connectivity index (χ0n) is 10.8. The van der Waals surface area contributed by atoms with Crippen molar-refractivity contribution in [3.8, 4) is 0 Å². The molecule has 0 radical (unpaired) electrons. The number of nitrogens with two attached hydrogens (primary N) is 1. The number of pyridine rings is 1. The van der Waals surface area contributed by atoms with Crippen LogP contribution in [0.25, 0.3) is 0 Å². The Hall–Kier alpha value is -1.62. The zero-order valence-corrected chi connectivity index (χ0v) is 10.8. The topological polar surface area (TPSA) is 71.2 Å². The van der Waals surface area contributed by atoms with Gasteiger partial charge in [-0.1, -0.05) is 6.92 Å². The predicted octanol–water partition coefficient (Wildman–Crippen LogP) is 1.63. The number of carbonyl (C=O) groups excluding carboxylic acids is 1. The second-order valence-corrected chi connectivity index (χ2v) is 4.61. The van der Waals surface area contributed by atoms with E-state index in [1.807, 2.05) is 13.8 Å². The van der Waals surface area contributed by atoms with Gasteiger partial charge >= 0.3 is 0 Å². The molecule has 3 N–H and O–H groups in total. The third kappa shape index (κ3) is 2.94. The molecule has 1 aromatic heterocycles. The van der Waals surface area contributed by atoms with Gasteiger partial charge in [0.05, 0.1) is 11.9 Å². The molecule has 1 heterocycles. The van der Waals surface area contributed by atoms with Crippen LogP contribution in [0.3, 0.4) is 0 Å². The van der Waals surface area contributed by atoms with Crippen LogP contribution in [0.5, 0.6) is 0 Å². The Labute approximate surface area is 102 Å². The molecule has 1 aromatic rings. The Morgan fingerprint density at radius 1 is 1.53 bits per heavy atom. The van der Waals surface area contributed by atoms with Gasteiger partial charge in [-0.2, -0.15) is 0 Å². The summed E-state index contributed by atoms with van der Waals surface area (Å²) in [5.41, 5.74) is 3.40. The number of hydrogen-bond acceptors (Lipinski definition) is 4. The van der Waals surface area contributed by atoms with Gasteiger partial charge in [0.15, 0.2) is 0 Å². The first-order valence-corrected chi connectivity index (χ1v) is 5.63. The van der Waals surface area contributed by atoms with Crippen molar-refractivity contribution in [2.24, 2.45) is 5.84 Å². The van der Waals surface area contributed by atoms with E-state index in [0.29, 0.717) is 11.4 Å². The summed E-state index contributed by atoms with van der Waals surface area (Å²) >= 11 is 0. The number of nitrogen functional groups attached to an aromatic ring is 1. The van der Waals surface area contributed by atoms with E-state index in [1.165, 1.54) is 0 Å². The molecule has 5 nitrogen and oxygen atoms in total. The highest BCUT2D eigenvalue weighted by molar-refractivity contribution is 5.92. The van der Waals surface area contributed by atoms with E-state index in [4.69, 9.17) is 5.84 Å². The van der Waals surface area contributed by atoms with Crippen LogP contribution in [0.15, 0.2) is 18.3 Å². The highest BCUT2D eigenvalue weighted by Gasteiger charge is 2.26. The number of hydrazine groups is 1. The second kappa shape index (κ2) is 5.14. The summed E-state index contributed by atoms with van der Waals surface area (Å²) in [5, 5.41) is 0. The minimum Gasteiger partial charge on any atom is -0.335 e. The maximum absolute atomic E-state index is 12.2. The molecule has 0 saturated carbocycles. The molecule has 0 unspecified atom stereocenters. The van der Waals surface area contributed by atoms with Crippen LogP contribution in [-0.4, -0.2) is 28.4 Å². The molecule has 0 fully saturated rings. The molecule has 0 bridgehead atoms. The molecule has 17 heavy (non-hydrogen) atoms. The van der Waals surface area contributed by atoms with Gasteiger partial charge in [-0.15, -0.1) is 0 Å². The van der Waals surface area contributed by atoms with Crippen LogP contribution in [0.2, 0.25) is 0 Å². The smallest absolute Gasteiger partial charge is 0.272 e. The van der Waals surface area contributed by atoms with E-state index in [1.54, 1.807) is 30.3 Å². The molecular formula is C12H20N4O. The quantitative estimate of drug-likeness (QED) is 0.615. The van der Waals surface area contributed by atoms with Gasteiger partial charge in [0.2, 0.25) is 0 Å². The lowest BCUT2D eigenvalue weighted by Gasteiger charge is -2.34. The van der Waals surface area contributed by atoms with Gasteiger partial charge in [-0.25, -0.2) is 4.98 Å². The summed E-state index contributed by atoms with van der Waals surface area (Å²) < 4.78 is 0. The van der Waals surface area contributed by atoms with E-state index in [-0.39, 0.29) is 11.4 Å². The number of nitrogens with one attached hydrogen (secondary N) is 1. The number of carbonyl (C=O) groups is 1. The number of amides is 1. The highest BCUT2D eigenvalue weighted by Crippen LogP contribution is 2.18. The van der Waals surface area contributed by atoms with Crippen molar-refractivity contribution in [2.75, 3.05) is 12.5 Å². The molecule has 0 aliphatic carbocycles. The third-order valence-electron chi connectivity index (χ3n) is 3.23. The minimum atomic E-state index is -0.177. The SMILES string of the molecule is CCC(C)(C)N(C)C(=O)c1ccc(NN)cn1. The van der Waals surface area contributed by atoms with Crippen LogP contribution in [0.1, 0.15) is 37.7 Å². The number of hydrogen-bond donors (Lipinski definition) is 2. The molecule has 1 rings (SSSR count). The first-order valence-electron chi connectivity index (χ1n) is 5.63.